The summed E-state index contributed by atoms with van der Waals surface area (Å²) < 4.78 is 12.9. The molecule has 0 aliphatic heterocycles. The zero-order chi connectivity index (χ0) is 17.6. The summed E-state index contributed by atoms with van der Waals surface area (Å²) in [6.45, 7) is 10.8. The van der Waals surface area contributed by atoms with E-state index >= 15 is 0 Å². The summed E-state index contributed by atoms with van der Waals surface area (Å²) in [6, 6.07) is 0. The highest BCUT2D eigenvalue weighted by atomic mass is 127. The van der Waals surface area contributed by atoms with Crippen LogP contribution in [0.25, 0.3) is 0 Å². The van der Waals surface area contributed by atoms with E-state index in [4.69, 9.17) is 9.47 Å². The minimum absolute atomic E-state index is 0. The van der Waals surface area contributed by atoms with Crippen molar-refractivity contribution in [1.82, 2.24) is 25.4 Å². The van der Waals surface area contributed by atoms with Gasteiger partial charge in [0.2, 0.25) is 0 Å². The fraction of sp³-hybridized carbons (Fsp3) is 0.812. The summed E-state index contributed by atoms with van der Waals surface area (Å²) in [5, 5.41) is 14.6. The third-order valence-electron chi connectivity index (χ3n) is 3.46. The van der Waals surface area contributed by atoms with Crippen LogP contribution < -0.4 is 10.6 Å². The number of guanidine groups is 1. The number of hydrogen-bond acceptors (Lipinski definition) is 5. The molecule has 146 valence electrons. The molecule has 0 saturated carbocycles. The van der Waals surface area contributed by atoms with Crippen LogP contribution in [0.3, 0.4) is 0 Å². The van der Waals surface area contributed by atoms with Gasteiger partial charge in [0.25, 0.3) is 0 Å². The lowest BCUT2D eigenvalue weighted by molar-refractivity contribution is 0.0487. The van der Waals surface area contributed by atoms with Gasteiger partial charge in [0, 0.05) is 26.7 Å². The second-order valence-corrected chi connectivity index (χ2v) is 5.42. The number of rotatable bonds is 12. The molecule has 2 N–H and O–H groups in total. The second-order valence-electron chi connectivity index (χ2n) is 5.42. The van der Waals surface area contributed by atoms with E-state index in [2.05, 4.69) is 32.7 Å². The summed E-state index contributed by atoms with van der Waals surface area (Å²) in [4.78, 5) is 4.52. The summed E-state index contributed by atoms with van der Waals surface area (Å²) in [5.74, 6) is 2.47. The van der Waals surface area contributed by atoms with E-state index in [1.165, 1.54) is 0 Å². The molecule has 1 rings (SSSR count). The highest BCUT2D eigenvalue weighted by Crippen LogP contribution is 1.98. The minimum atomic E-state index is 0. The molecule has 0 bridgehead atoms. The molecule has 0 radical (unpaired) electrons. The molecule has 0 aliphatic rings. The molecular formula is C16H33IN6O2. The summed E-state index contributed by atoms with van der Waals surface area (Å²) in [6.07, 6.45) is 2.26. The van der Waals surface area contributed by atoms with Crippen LogP contribution in [-0.2, 0) is 23.1 Å². The van der Waals surface area contributed by atoms with Crippen LogP contribution in [0.4, 0.5) is 0 Å². The number of ether oxygens (including phenoxy) is 2. The van der Waals surface area contributed by atoms with E-state index < -0.39 is 0 Å². The second kappa shape index (κ2) is 15.3. The van der Waals surface area contributed by atoms with Crippen molar-refractivity contribution in [2.75, 3.05) is 39.5 Å². The molecule has 1 aromatic heterocycles. The Morgan fingerprint density at radius 1 is 1.08 bits per heavy atom. The van der Waals surface area contributed by atoms with Crippen molar-refractivity contribution in [3.63, 3.8) is 0 Å². The van der Waals surface area contributed by atoms with Crippen LogP contribution in [0.1, 0.15) is 38.3 Å². The lowest BCUT2D eigenvalue weighted by Crippen LogP contribution is -2.39. The molecule has 0 aromatic carbocycles. The van der Waals surface area contributed by atoms with E-state index in [1.54, 1.807) is 0 Å². The maximum atomic E-state index is 5.53. The fourth-order valence-electron chi connectivity index (χ4n) is 1.89. The van der Waals surface area contributed by atoms with Crippen LogP contribution in [0.15, 0.2) is 4.99 Å². The molecule has 0 fully saturated rings. The smallest absolute Gasteiger partial charge is 0.191 e. The molecule has 0 atom stereocenters. The van der Waals surface area contributed by atoms with Gasteiger partial charge in [0.1, 0.15) is 12.4 Å². The van der Waals surface area contributed by atoms with E-state index in [-0.39, 0.29) is 24.0 Å². The van der Waals surface area contributed by atoms with Gasteiger partial charge in [0.05, 0.1) is 19.8 Å². The topological polar surface area (TPSA) is 85.6 Å². The number of unbranched alkanes of at least 4 members (excludes halogenated alkanes) is 1. The third-order valence-corrected chi connectivity index (χ3v) is 3.46. The Hall–Kier alpha value is -0.940. The standard InChI is InChI=1S/C16H32N6O2.HI/c1-5-7-9-23-11-12-24-10-8-18-16(17-6-2)19-13-15-21-20-14(3)22(15)4;/h5-13H2,1-4H3,(H2,17,18,19);1H. The van der Waals surface area contributed by atoms with Crippen molar-refractivity contribution in [2.24, 2.45) is 12.0 Å². The van der Waals surface area contributed by atoms with Crippen LogP contribution in [0.5, 0.6) is 0 Å². The van der Waals surface area contributed by atoms with E-state index in [9.17, 15) is 0 Å². The maximum absolute atomic E-state index is 5.53. The van der Waals surface area contributed by atoms with Gasteiger partial charge in [-0.3, -0.25) is 0 Å². The zero-order valence-electron chi connectivity index (χ0n) is 15.9. The van der Waals surface area contributed by atoms with E-state index in [0.29, 0.717) is 32.9 Å². The Morgan fingerprint density at radius 2 is 1.80 bits per heavy atom. The lowest BCUT2D eigenvalue weighted by Gasteiger charge is -2.11. The van der Waals surface area contributed by atoms with Gasteiger partial charge in [0.15, 0.2) is 11.8 Å². The zero-order valence-corrected chi connectivity index (χ0v) is 18.2. The molecule has 1 aromatic rings. The highest BCUT2D eigenvalue weighted by Gasteiger charge is 2.04. The highest BCUT2D eigenvalue weighted by molar-refractivity contribution is 14.0. The minimum Gasteiger partial charge on any atom is -0.379 e. The predicted octanol–water partition coefficient (Wildman–Crippen LogP) is 1.63. The summed E-state index contributed by atoms with van der Waals surface area (Å²) in [5.41, 5.74) is 0. The molecule has 0 spiro atoms. The van der Waals surface area contributed by atoms with Gasteiger partial charge in [-0.25, -0.2) is 4.99 Å². The van der Waals surface area contributed by atoms with E-state index in [0.717, 1.165) is 43.6 Å². The molecule has 9 heteroatoms. The van der Waals surface area contributed by atoms with Gasteiger partial charge >= 0.3 is 0 Å². The fourth-order valence-corrected chi connectivity index (χ4v) is 1.89. The monoisotopic (exact) mass is 468 g/mol. The Kier molecular flexibility index (Phi) is 14.7. The molecule has 0 amide bonds. The third kappa shape index (κ3) is 10.6. The van der Waals surface area contributed by atoms with Gasteiger partial charge in [-0.2, -0.15) is 0 Å². The molecule has 1 heterocycles. The van der Waals surface area contributed by atoms with Gasteiger partial charge in [-0.15, -0.1) is 34.2 Å². The predicted molar refractivity (Wildman–Crippen MR) is 111 cm³/mol. The van der Waals surface area contributed by atoms with Crippen LogP contribution >= 0.6 is 24.0 Å². The number of aromatic nitrogens is 3. The molecule has 0 saturated heterocycles. The first kappa shape index (κ1) is 24.1. The average molecular weight is 468 g/mol. The van der Waals surface area contributed by atoms with E-state index in [1.807, 2.05) is 25.5 Å². The van der Waals surface area contributed by atoms with Crippen LogP contribution in [-0.4, -0.2) is 60.2 Å². The molecular weight excluding hydrogens is 435 g/mol. The Labute approximate surface area is 168 Å². The number of aryl methyl sites for hydroxylation is 1. The van der Waals surface area contributed by atoms with Gasteiger partial charge in [-0.1, -0.05) is 13.3 Å². The molecule has 8 nitrogen and oxygen atoms in total. The normalized spacial score (nSPS) is 11.3. The Morgan fingerprint density at radius 3 is 2.40 bits per heavy atom. The quantitative estimate of drug-likeness (QED) is 0.210. The van der Waals surface area contributed by atoms with Crippen molar-refractivity contribution in [3.8, 4) is 0 Å². The first-order chi connectivity index (χ1) is 11.7. The Balaban J connectivity index is 0.00000576. The van der Waals surface area contributed by atoms with Crippen molar-refractivity contribution in [2.45, 2.75) is 40.2 Å². The molecule has 0 unspecified atom stereocenters. The number of halogens is 1. The van der Waals surface area contributed by atoms with Crippen molar-refractivity contribution in [3.05, 3.63) is 11.6 Å². The maximum Gasteiger partial charge on any atom is 0.191 e. The first-order valence-corrected chi connectivity index (χ1v) is 8.71. The van der Waals surface area contributed by atoms with Gasteiger partial charge in [-0.05, 0) is 20.3 Å². The molecule has 0 aliphatic carbocycles. The largest absolute Gasteiger partial charge is 0.379 e. The SMILES string of the molecule is CCCCOCCOCCNC(=NCc1nnc(C)n1C)NCC.I. The summed E-state index contributed by atoms with van der Waals surface area (Å²) >= 11 is 0. The van der Waals surface area contributed by atoms with Crippen LogP contribution in [0.2, 0.25) is 0 Å². The van der Waals surface area contributed by atoms with Crippen LogP contribution in [0, 0.1) is 6.92 Å². The first-order valence-electron chi connectivity index (χ1n) is 8.71. The van der Waals surface area contributed by atoms with Crippen molar-refractivity contribution < 1.29 is 9.47 Å². The number of hydrogen-bond donors (Lipinski definition) is 2. The number of aliphatic imine (C=N–C) groups is 1. The lowest BCUT2D eigenvalue weighted by atomic mass is 10.4. The van der Waals surface area contributed by atoms with Gasteiger partial charge < -0.3 is 24.7 Å². The Bertz CT molecular complexity index is 481. The summed E-state index contributed by atoms with van der Waals surface area (Å²) in [7, 11) is 1.94. The van der Waals surface area contributed by atoms with Crippen molar-refractivity contribution in [1.29, 1.82) is 0 Å². The number of nitrogens with zero attached hydrogens (tertiary/aromatic N) is 4. The van der Waals surface area contributed by atoms with Crippen molar-refractivity contribution >= 4 is 29.9 Å². The number of nitrogens with one attached hydrogen (secondary N) is 2. The molecule has 25 heavy (non-hydrogen) atoms. The average Bonchev–Trinajstić information content (AvgIpc) is 2.90.